The van der Waals surface area contributed by atoms with Crippen LogP contribution in [0.1, 0.15) is 25.0 Å². The summed E-state index contributed by atoms with van der Waals surface area (Å²) in [5.74, 6) is -1.21. The molecule has 6 nitrogen and oxygen atoms in total. The number of carbonyl (C=O) groups excluding carboxylic acids is 1. The summed E-state index contributed by atoms with van der Waals surface area (Å²) in [4.78, 5) is 21.6. The minimum absolute atomic E-state index is 0.0528. The Bertz CT molecular complexity index is 998. The van der Waals surface area contributed by atoms with Crippen molar-refractivity contribution in [1.29, 1.82) is 0 Å². The number of hydrogen-bond donors (Lipinski definition) is 2. The van der Waals surface area contributed by atoms with Crippen molar-refractivity contribution in [2.45, 2.75) is 31.9 Å². The lowest BCUT2D eigenvalue weighted by Gasteiger charge is -2.30. The van der Waals surface area contributed by atoms with Gasteiger partial charge in [0.2, 0.25) is 0 Å². The van der Waals surface area contributed by atoms with Crippen LogP contribution < -0.4 is 10.6 Å². The molecule has 34 heavy (non-hydrogen) atoms. The number of ketones is 1. The maximum absolute atomic E-state index is 13.1. The van der Waals surface area contributed by atoms with Gasteiger partial charge in [0.1, 0.15) is 11.6 Å². The molecule has 0 aliphatic carbocycles. The Hall–Kier alpha value is -2.23. The first-order valence-corrected chi connectivity index (χ1v) is 11.9. The number of hydrogen-bond acceptors (Lipinski definition) is 6. The molecule has 10 heteroatoms. The van der Waals surface area contributed by atoms with E-state index in [0.29, 0.717) is 27.9 Å². The van der Waals surface area contributed by atoms with Crippen LogP contribution >= 0.6 is 11.6 Å². The monoisotopic (exact) mass is 496 g/mol. The summed E-state index contributed by atoms with van der Waals surface area (Å²) < 4.78 is 44.7. The van der Waals surface area contributed by atoms with Crippen molar-refractivity contribution in [1.82, 2.24) is 15.3 Å². The minimum Gasteiger partial charge on any atom is -0.381 e. The second kappa shape index (κ2) is 11.0. The number of halogens is 4. The molecule has 2 fully saturated rings. The lowest BCUT2D eigenvalue weighted by Crippen LogP contribution is -2.45. The van der Waals surface area contributed by atoms with Gasteiger partial charge >= 0.3 is 6.18 Å². The number of nitrogens with one attached hydrogen (secondary N) is 2. The molecule has 2 aromatic rings. The number of nitrogens with zero attached hydrogens (tertiary/aromatic N) is 2. The van der Waals surface area contributed by atoms with Crippen LogP contribution in [0.3, 0.4) is 0 Å². The van der Waals surface area contributed by atoms with E-state index in [9.17, 15) is 18.0 Å². The molecule has 4 heterocycles. The first-order valence-electron chi connectivity index (χ1n) is 11.5. The van der Waals surface area contributed by atoms with E-state index in [-0.39, 0.29) is 31.7 Å². The zero-order valence-electron chi connectivity index (χ0n) is 18.7. The van der Waals surface area contributed by atoms with Gasteiger partial charge in [0.05, 0.1) is 16.6 Å². The number of anilines is 1. The molecule has 0 radical (unpaired) electrons. The van der Waals surface area contributed by atoms with Crippen LogP contribution in [-0.4, -0.2) is 54.8 Å². The van der Waals surface area contributed by atoms with Gasteiger partial charge in [0, 0.05) is 62.6 Å². The summed E-state index contributed by atoms with van der Waals surface area (Å²) in [5.41, 5.74) is 1.72. The summed E-state index contributed by atoms with van der Waals surface area (Å²) in [6.07, 6.45) is -1.07. The molecule has 0 aromatic carbocycles. The molecule has 0 amide bonds. The smallest absolute Gasteiger partial charge is 0.381 e. The molecule has 184 valence electrons. The fourth-order valence-electron chi connectivity index (χ4n) is 4.42. The number of rotatable bonds is 7. The lowest BCUT2D eigenvalue weighted by molar-refractivity contribution is -0.182. The summed E-state index contributed by atoms with van der Waals surface area (Å²) >= 11 is 6.38. The lowest BCUT2D eigenvalue weighted by atomic mass is 9.85. The number of Topliss-reactive ketones (excluding diaryl/α,β-unsaturated/α-hetero) is 1. The third-order valence-corrected chi connectivity index (χ3v) is 6.78. The molecule has 2 saturated heterocycles. The van der Waals surface area contributed by atoms with Gasteiger partial charge in [-0.1, -0.05) is 17.7 Å². The summed E-state index contributed by atoms with van der Waals surface area (Å²) in [6, 6.07) is 7.28. The molecular formula is C24H28ClF3N4O2. The van der Waals surface area contributed by atoms with Crippen molar-refractivity contribution in [2.75, 3.05) is 38.2 Å². The average molecular weight is 497 g/mol. The maximum atomic E-state index is 13.1. The van der Waals surface area contributed by atoms with E-state index in [2.05, 4.69) is 20.6 Å². The zero-order valence-corrected chi connectivity index (χ0v) is 19.5. The Morgan fingerprint density at radius 2 is 2.03 bits per heavy atom. The van der Waals surface area contributed by atoms with E-state index in [1.54, 1.807) is 6.07 Å². The third kappa shape index (κ3) is 6.46. The molecular weight excluding hydrogens is 469 g/mol. The summed E-state index contributed by atoms with van der Waals surface area (Å²) in [6.45, 7) is 2.46. The number of ether oxygens (including phenoxy) is 1. The second-order valence-electron chi connectivity index (χ2n) is 8.97. The van der Waals surface area contributed by atoms with Crippen molar-refractivity contribution in [3.05, 3.63) is 41.2 Å². The van der Waals surface area contributed by atoms with Crippen molar-refractivity contribution < 1.29 is 22.7 Å². The third-order valence-electron chi connectivity index (χ3n) is 6.47. The van der Waals surface area contributed by atoms with Crippen LogP contribution in [0.5, 0.6) is 0 Å². The standard InChI is InChI=1S/C24H28ClF3N4O2/c25-20-14-30-18(10-22(33)16-8-17(13-29-12-16)24(26,27)28)9-19(20)21-2-1-3-23(32-21)31-11-15-4-6-34-7-5-15/h1-3,9,14-17,29H,4-8,10-13H2,(H,31,32)/t16-,17-/m1/s1. The SMILES string of the molecule is O=C(Cc1cc(-c2cccc(NCC3CCOCC3)n2)c(Cl)cn1)[C@H]1CNC[C@H](C(F)(F)F)C1. The first kappa shape index (κ1) is 24.9. The van der Waals surface area contributed by atoms with Gasteiger partial charge in [0.15, 0.2) is 0 Å². The number of alkyl halides is 3. The van der Waals surface area contributed by atoms with Crippen LogP contribution in [0.2, 0.25) is 5.02 Å². The van der Waals surface area contributed by atoms with E-state index in [0.717, 1.165) is 38.4 Å². The molecule has 2 aromatic heterocycles. The topological polar surface area (TPSA) is 76.1 Å². The van der Waals surface area contributed by atoms with Crippen LogP contribution in [-0.2, 0) is 16.0 Å². The predicted molar refractivity (Wildman–Crippen MR) is 124 cm³/mol. The van der Waals surface area contributed by atoms with Crippen molar-refractivity contribution in [3.8, 4) is 11.3 Å². The molecule has 2 atom stereocenters. The highest BCUT2D eigenvalue weighted by Crippen LogP contribution is 2.34. The highest BCUT2D eigenvalue weighted by atomic mass is 35.5. The second-order valence-corrected chi connectivity index (χ2v) is 9.38. The molecule has 0 bridgehead atoms. The highest BCUT2D eigenvalue weighted by molar-refractivity contribution is 6.33. The van der Waals surface area contributed by atoms with Crippen molar-refractivity contribution in [2.24, 2.45) is 17.8 Å². The van der Waals surface area contributed by atoms with Crippen LogP contribution in [0.25, 0.3) is 11.3 Å². The number of pyridine rings is 2. The van der Waals surface area contributed by atoms with Crippen molar-refractivity contribution in [3.63, 3.8) is 0 Å². The quantitative estimate of drug-likeness (QED) is 0.586. The van der Waals surface area contributed by atoms with Gasteiger partial charge in [-0.2, -0.15) is 13.2 Å². The number of piperidine rings is 1. The fraction of sp³-hybridized carbons (Fsp3) is 0.542. The van der Waals surface area contributed by atoms with Gasteiger partial charge in [-0.25, -0.2) is 4.98 Å². The Balaban J connectivity index is 1.43. The van der Waals surface area contributed by atoms with E-state index in [4.69, 9.17) is 16.3 Å². The van der Waals surface area contributed by atoms with Crippen LogP contribution in [0.15, 0.2) is 30.5 Å². The Kier molecular flexibility index (Phi) is 8.06. The number of aromatic nitrogens is 2. The molecule has 2 N–H and O–H groups in total. The van der Waals surface area contributed by atoms with Gasteiger partial charge in [0.25, 0.3) is 0 Å². The molecule has 0 saturated carbocycles. The van der Waals surface area contributed by atoms with Gasteiger partial charge < -0.3 is 15.4 Å². The molecule has 4 rings (SSSR count). The first-order chi connectivity index (χ1) is 16.3. The van der Waals surface area contributed by atoms with E-state index < -0.39 is 18.0 Å². The van der Waals surface area contributed by atoms with Gasteiger partial charge in [-0.05, 0) is 43.4 Å². The number of carbonyl (C=O) groups is 1. The fourth-order valence-corrected chi connectivity index (χ4v) is 4.62. The minimum atomic E-state index is -4.31. The van der Waals surface area contributed by atoms with Crippen LogP contribution in [0.4, 0.5) is 19.0 Å². The van der Waals surface area contributed by atoms with E-state index in [1.165, 1.54) is 6.20 Å². The normalized spacial score (nSPS) is 21.9. The molecule has 0 unspecified atom stereocenters. The molecule has 2 aliphatic rings. The van der Waals surface area contributed by atoms with E-state index >= 15 is 0 Å². The Morgan fingerprint density at radius 1 is 1.24 bits per heavy atom. The molecule has 0 spiro atoms. The van der Waals surface area contributed by atoms with Gasteiger partial charge in [-0.15, -0.1) is 0 Å². The van der Waals surface area contributed by atoms with Crippen LogP contribution in [0, 0.1) is 17.8 Å². The summed E-state index contributed by atoms with van der Waals surface area (Å²) in [5, 5.41) is 6.50. The average Bonchev–Trinajstić information content (AvgIpc) is 2.84. The largest absolute Gasteiger partial charge is 0.393 e. The predicted octanol–water partition coefficient (Wildman–Crippen LogP) is 4.54. The van der Waals surface area contributed by atoms with Crippen molar-refractivity contribution >= 4 is 23.2 Å². The summed E-state index contributed by atoms with van der Waals surface area (Å²) in [7, 11) is 0. The maximum Gasteiger partial charge on any atom is 0.393 e. The zero-order chi connectivity index (χ0) is 24.1. The highest BCUT2D eigenvalue weighted by Gasteiger charge is 2.43. The Labute approximate surface area is 201 Å². The molecule has 2 aliphatic heterocycles. The Morgan fingerprint density at radius 3 is 2.79 bits per heavy atom. The van der Waals surface area contributed by atoms with E-state index in [1.807, 2.05) is 18.2 Å². The van der Waals surface area contributed by atoms with Gasteiger partial charge in [-0.3, -0.25) is 9.78 Å².